The molecule has 138 valence electrons. The molecule has 9 heteroatoms. The van der Waals surface area contributed by atoms with Crippen molar-refractivity contribution in [2.45, 2.75) is 23.8 Å². The van der Waals surface area contributed by atoms with E-state index in [0.29, 0.717) is 12.1 Å². The van der Waals surface area contributed by atoms with Gasteiger partial charge in [-0.3, -0.25) is 9.59 Å². The van der Waals surface area contributed by atoms with Gasteiger partial charge in [0.1, 0.15) is 0 Å². The van der Waals surface area contributed by atoms with E-state index < -0.39 is 10.0 Å². The summed E-state index contributed by atoms with van der Waals surface area (Å²) in [4.78, 5) is 23.6. The Morgan fingerprint density at radius 1 is 1.36 bits per heavy atom. The van der Waals surface area contributed by atoms with Gasteiger partial charge in [-0.2, -0.15) is 0 Å². The molecule has 3 N–H and O–H groups in total. The van der Waals surface area contributed by atoms with Crippen LogP contribution in [0.4, 0.5) is 0 Å². The lowest BCUT2D eigenvalue weighted by Gasteiger charge is -2.17. The number of carbonyl (C=O) groups excluding carboxylic acids is 2. The molecule has 1 fully saturated rings. The van der Waals surface area contributed by atoms with Crippen molar-refractivity contribution >= 4 is 21.8 Å². The molecule has 1 saturated heterocycles. The molecule has 1 heterocycles. The molecule has 0 spiro atoms. The van der Waals surface area contributed by atoms with Crippen LogP contribution in [0.15, 0.2) is 29.2 Å². The number of nitrogens with one attached hydrogen (secondary N) is 3. The number of amides is 2. The van der Waals surface area contributed by atoms with E-state index in [0.717, 1.165) is 17.3 Å². The minimum atomic E-state index is -3.77. The number of hydrogen-bond acceptors (Lipinski definition) is 5. The Morgan fingerprint density at radius 2 is 2.12 bits per heavy atom. The van der Waals surface area contributed by atoms with Crippen LogP contribution >= 0.6 is 0 Å². The first kappa shape index (κ1) is 19.4. The first-order valence-corrected chi connectivity index (χ1v) is 9.57. The zero-order chi connectivity index (χ0) is 18.4. The van der Waals surface area contributed by atoms with Gasteiger partial charge in [-0.05, 0) is 31.2 Å². The molecule has 2 amide bonds. The van der Waals surface area contributed by atoms with Gasteiger partial charge in [0, 0.05) is 45.2 Å². The first-order chi connectivity index (χ1) is 11.8. The first-order valence-electron chi connectivity index (χ1n) is 8.13. The van der Waals surface area contributed by atoms with Crippen LogP contribution in [0.3, 0.4) is 0 Å². The second-order valence-electron chi connectivity index (χ2n) is 5.94. The smallest absolute Gasteiger partial charge is 0.251 e. The van der Waals surface area contributed by atoms with Crippen LogP contribution in [0.25, 0.3) is 0 Å². The molecule has 1 aliphatic heterocycles. The molecule has 0 unspecified atom stereocenters. The van der Waals surface area contributed by atoms with Gasteiger partial charge in [0.2, 0.25) is 15.9 Å². The topological polar surface area (TPSA) is 108 Å². The molecule has 0 bridgehead atoms. The number of nitrogens with zero attached hydrogens (tertiary/aromatic N) is 1. The molecule has 0 saturated carbocycles. The quantitative estimate of drug-likeness (QED) is 0.603. The molecule has 1 aliphatic rings. The molecule has 0 radical (unpaired) electrons. The summed E-state index contributed by atoms with van der Waals surface area (Å²) in [7, 11) is -0.854. The fraction of sp³-hybridized carbons (Fsp3) is 0.500. The predicted octanol–water partition coefficient (Wildman–Crippen LogP) is -0.465. The third-order valence-electron chi connectivity index (χ3n) is 4.13. The normalized spacial score (nSPS) is 17.5. The van der Waals surface area contributed by atoms with Gasteiger partial charge in [0.15, 0.2) is 0 Å². The Bertz CT molecular complexity index is 729. The Morgan fingerprint density at radius 3 is 2.76 bits per heavy atom. The Kier molecular flexibility index (Phi) is 6.51. The molecule has 1 atom stereocenters. The number of carbonyl (C=O) groups is 2. The highest BCUT2D eigenvalue weighted by Gasteiger charge is 2.23. The van der Waals surface area contributed by atoms with E-state index in [9.17, 15) is 18.0 Å². The van der Waals surface area contributed by atoms with Crippen LogP contribution in [0, 0.1) is 0 Å². The van der Waals surface area contributed by atoms with Crippen molar-refractivity contribution in [2.24, 2.45) is 0 Å². The summed E-state index contributed by atoms with van der Waals surface area (Å²) in [6.07, 6.45) is 0.924. The molecule has 8 nitrogen and oxygen atoms in total. The minimum absolute atomic E-state index is 0.0316. The monoisotopic (exact) mass is 368 g/mol. The van der Waals surface area contributed by atoms with Crippen molar-refractivity contribution in [2.75, 3.05) is 33.7 Å². The summed E-state index contributed by atoms with van der Waals surface area (Å²) in [5, 5.41) is 8.50. The fourth-order valence-corrected chi connectivity index (χ4v) is 3.75. The second-order valence-corrected chi connectivity index (χ2v) is 7.99. The highest BCUT2D eigenvalue weighted by atomic mass is 32.2. The summed E-state index contributed by atoms with van der Waals surface area (Å²) in [6, 6.07) is 5.99. The molecule has 25 heavy (non-hydrogen) atoms. The van der Waals surface area contributed by atoms with Crippen LogP contribution in [0.2, 0.25) is 0 Å². The average Bonchev–Trinajstić information content (AvgIpc) is 3.12. The van der Waals surface area contributed by atoms with E-state index in [2.05, 4.69) is 16.0 Å². The molecule has 2 rings (SSSR count). The second kappa shape index (κ2) is 8.41. The molecule has 0 aliphatic carbocycles. The number of sulfonamides is 1. The van der Waals surface area contributed by atoms with E-state index in [-0.39, 0.29) is 35.7 Å². The molecular formula is C16H24N4O4S. The molecule has 1 aromatic rings. The van der Waals surface area contributed by atoms with Gasteiger partial charge in [-0.15, -0.1) is 0 Å². The zero-order valence-corrected chi connectivity index (χ0v) is 15.2. The van der Waals surface area contributed by atoms with E-state index in [4.69, 9.17) is 0 Å². The summed E-state index contributed by atoms with van der Waals surface area (Å²) >= 11 is 0. The SMILES string of the molecule is CNC(=O)CCN(C)S(=O)(=O)c1cccc(C(=O)N[C@@H]2CCNC2)c1. The van der Waals surface area contributed by atoms with Crippen LogP contribution in [-0.4, -0.2) is 64.3 Å². The highest BCUT2D eigenvalue weighted by Crippen LogP contribution is 2.16. The lowest BCUT2D eigenvalue weighted by molar-refractivity contribution is -0.120. The summed E-state index contributed by atoms with van der Waals surface area (Å²) in [6.45, 7) is 1.63. The van der Waals surface area contributed by atoms with Crippen LogP contribution in [0.5, 0.6) is 0 Å². The third kappa shape index (κ3) is 5.00. The Hall–Kier alpha value is -1.97. The molecule has 0 aromatic heterocycles. The van der Waals surface area contributed by atoms with Gasteiger partial charge < -0.3 is 16.0 Å². The maximum Gasteiger partial charge on any atom is 0.251 e. The number of hydrogen-bond donors (Lipinski definition) is 3. The van der Waals surface area contributed by atoms with Crippen molar-refractivity contribution in [1.82, 2.24) is 20.3 Å². The van der Waals surface area contributed by atoms with E-state index in [1.54, 1.807) is 12.1 Å². The van der Waals surface area contributed by atoms with E-state index in [1.807, 2.05) is 0 Å². The minimum Gasteiger partial charge on any atom is -0.359 e. The average molecular weight is 368 g/mol. The van der Waals surface area contributed by atoms with Crippen molar-refractivity contribution in [3.05, 3.63) is 29.8 Å². The Balaban J connectivity index is 2.10. The van der Waals surface area contributed by atoms with E-state index in [1.165, 1.54) is 26.2 Å². The van der Waals surface area contributed by atoms with E-state index >= 15 is 0 Å². The van der Waals surface area contributed by atoms with Crippen molar-refractivity contribution in [3.8, 4) is 0 Å². The largest absolute Gasteiger partial charge is 0.359 e. The highest BCUT2D eigenvalue weighted by molar-refractivity contribution is 7.89. The maximum atomic E-state index is 12.6. The predicted molar refractivity (Wildman–Crippen MR) is 93.7 cm³/mol. The number of rotatable bonds is 7. The fourth-order valence-electron chi connectivity index (χ4n) is 2.53. The lowest BCUT2D eigenvalue weighted by atomic mass is 10.2. The summed E-state index contributed by atoms with van der Waals surface area (Å²) in [5.41, 5.74) is 0.299. The van der Waals surface area contributed by atoms with Crippen LogP contribution in [0.1, 0.15) is 23.2 Å². The van der Waals surface area contributed by atoms with Crippen molar-refractivity contribution < 1.29 is 18.0 Å². The van der Waals surface area contributed by atoms with Gasteiger partial charge >= 0.3 is 0 Å². The lowest BCUT2D eigenvalue weighted by Crippen LogP contribution is -2.36. The van der Waals surface area contributed by atoms with Crippen LogP contribution < -0.4 is 16.0 Å². The van der Waals surface area contributed by atoms with Gasteiger partial charge in [0.25, 0.3) is 5.91 Å². The third-order valence-corrected chi connectivity index (χ3v) is 5.99. The Labute approximate surface area is 148 Å². The maximum absolute atomic E-state index is 12.6. The van der Waals surface area contributed by atoms with Gasteiger partial charge in [0.05, 0.1) is 4.90 Å². The van der Waals surface area contributed by atoms with Crippen molar-refractivity contribution in [1.29, 1.82) is 0 Å². The molecule has 1 aromatic carbocycles. The number of benzene rings is 1. The van der Waals surface area contributed by atoms with Gasteiger partial charge in [-0.25, -0.2) is 12.7 Å². The van der Waals surface area contributed by atoms with Crippen molar-refractivity contribution in [3.63, 3.8) is 0 Å². The van der Waals surface area contributed by atoms with Gasteiger partial charge in [-0.1, -0.05) is 6.07 Å². The summed E-state index contributed by atoms with van der Waals surface area (Å²) in [5.74, 6) is -0.529. The zero-order valence-electron chi connectivity index (χ0n) is 14.4. The van der Waals surface area contributed by atoms with Crippen LogP contribution in [-0.2, 0) is 14.8 Å². The molecular weight excluding hydrogens is 344 g/mol. The summed E-state index contributed by atoms with van der Waals surface area (Å²) < 4.78 is 26.3. The standard InChI is InChI=1S/C16H24N4O4S/c1-17-15(21)7-9-20(2)25(23,24)14-5-3-4-12(10-14)16(22)19-13-6-8-18-11-13/h3-5,10,13,18H,6-9,11H2,1-2H3,(H,17,21)(H,19,22)/t13-/m1/s1.